The molecule has 2 aliphatic carbocycles. The number of carbonyl (C=O) groups is 2. The van der Waals surface area contributed by atoms with Crippen LogP contribution in [0.5, 0.6) is 0 Å². The van der Waals surface area contributed by atoms with Gasteiger partial charge in [-0.1, -0.05) is 66.2 Å². The van der Waals surface area contributed by atoms with Crippen molar-refractivity contribution < 1.29 is 14.7 Å². The monoisotopic (exact) mass is 526 g/mol. The third-order valence-electron chi connectivity index (χ3n) is 8.65. The van der Waals surface area contributed by atoms with E-state index >= 15 is 0 Å². The molecule has 1 heterocycles. The number of hydrogen-bond acceptors (Lipinski definition) is 3. The zero-order valence-electron chi connectivity index (χ0n) is 21.5. The summed E-state index contributed by atoms with van der Waals surface area (Å²) in [5.41, 5.74) is 6.17. The van der Waals surface area contributed by atoms with Gasteiger partial charge in [-0.05, 0) is 78.2 Å². The molecule has 0 radical (unpaired) electrons. The highest BCUT2D eigenvalue weighted by Crippen LogP contribution is 2.62. The van der Waals surface area contributed by atoms with Gasteiger partial charge in [0.1, 0.15) is 0 Å². The van der Waals surface area contributed by atoms with Crippen molar-refractivity contribution in [3.05, 3.63) is 88.6 Å². The number of benzene rings is 3. The fourth-order valence-electron chi connectivity index (χ4n) is 6.89. The van der Waals surface area contributed by atoms with Gasteiger partial charge in [0.05, 0.1) is 18.3 Å². The molecule has 194 valence electrons. The number of aromatic nitrogens is 2. The molecule has 0 unspecified atom stereocenters. The van der Waals surface area contributed by atoms with E-state index in [0.717, 1.165) is 53.3 Å². The van der Waals surface area contributed by atoms with Crippen molar-refractivity contribution in [2.75, 3.05) is 0 Å². The van der Waals surface area contributed by atoms with Crippen LogP contribution in [0.1, 0.15) is 60.0 Å². The number of ketones is 1. The minimum Gasteiger partial charge on any atom is -0.481 e. The van der Waals surface area contributed by atoms with E-state index in [0.29, 0.717) is 35.4 Å². The molecule has 0 amide bonds. The quantitative estimate of drug-likeness (QED) is 0.240. The standard InChI is InChI=1S/C32H31ClN2O3/c1-20-27-18-34-35(19-21-7-9-25(10-8-21)24-5-3-2-4-6-24)31(27)26(13-28(20)33)29(36)11-22-14-32(15-22)16-23(17-32)12-30(37)38/h2-10,13,18,22-23H,11-12,14-17,19H2,1H3,(H,37,38). The molecule has 2 saturated carbocycles. The fraction of sp³-hybridized carbons (Fsp3) is 0.344. The molecule has 0 aliphatic heterocycles. The first-order valence-electron chi connectivity index (χ1n) is 13.3. The van der Waals surface area contributed by atoms with E-state index in [2.05, 4.69) is 41.5 Å². The molecule has 3 aromatic carbocycles. The largest absolute Gasteiger partial charge is 0.481 e. The summed E-state index contributed by atoms with van der Waals surface area (Å²) in [5.74, 6) is 0.0559. The number of Topliss-reactive ketones (excluding diaryl/α,β-unsaturated/α-hetero) is 1. The minimum atomic E-state index is -0.708. The molecule has 5 nitrogen and oxygen atoms in total. The van der Waals surface area contributed by atoms with E-state index in [1.165, 1.54) is 5.56 Å². The molecular weight excluding hydrogens is 496 g/mol. The third-order valence-corrected chi connectivity index (χ3v) is 9.04. The Bertz CT molecular complexity index is 1510. The van der Waals surface area contributed by atoms with Crippen molar-refractivity contribution in [1.29, 1.82) is 0 Å². The number of carboxylic acid groups (broad SMARTS) is 1. The number of rotatable bonds is 8. The van der Waals surface area contributed by atoms with Gasteiger partial charge in [-0.3, -0.25) is 14.3 Å². The van der Waals surface area contributed by atoms with E-state index in [1.807, 2.05) is 42.1 Å². The van der Waals surface area contributed by atoms with Gasteiger partial charge in [-0.2, -0.15) is 5.10 Å². The second kappa shape index (κ2) is 9.70. The molecule has 6 rings (SSSR count). The molecule has 0 saturated heterocycles. The summed E-state index contributed by atoms with van der Waals surface area (Å²) in [6.45, 7) is 2.54. The molecule has 1 N–H and O–H groups in total. The predicted octanol–water partition coefficient (Wildman–Crippen LogP) is 7.57. The lowest BCUT2D eigenvalue weighted by Crippen LogP contribution is -2.48. The van der Waals surface area contributed by atoms with E-state index < -0.39 is 5.97 Å². The zero-order valence-corrected chi connectivity index (χ0v) is 22.2. The maximum absolute atomic E-state index is 13.6. The second-order valence-corrected chi connectivity index (χ2v) is 11.8. The molecule has 1 aromatic heterocycles. The Balaban J connectivity index is 1.19. The van der Waals surface area contributed by atoms with Crippen molar-refractivity contribution in [3.63, 3.8) is 0 Å². The van der Waals surface area contributed by atoms with Gasteiger partial charge < -0.3 is 5.11 Å². The number of aryl methyl sites for hydroxylation is 1. The van der Waals surface area contributed by atoms with E-state index in [-0.39, 0.29) is 17.6 Å². The predicted molar refractivity (Wildman–Crippen MR) is 150 cm³/mol. The van der Waals surface area contributed by atoms with Gasteiger partial charge in [-0.15, -0.1) is 0 Å². The maximum Gasteiger partial charge on any atom is 0.303 e. The highest BCUT2D eigenvalue weighted by atomic mass is 35.5. The van der Waals surface area contributed by atoms with Gasteiger partial charge in [0.25, 0.3) is 0 Å². The molecule has 38 heavy (non-hydrogen) atoms. The Morgan fingerprint density at radius 2 is 1.61 bits per heavy atom. The SMILES string of the molecule is Cc1c(Cl)cc(C(=O)CC2CC3(CC(CC(=O)O)C3)C2)c2c1cnn2Cc1ccc(-c2ccccc2)cc1. The van der Waals surface area contributed by atoms with Crippen LogP contribution >= 0.6 is 11.6 Å². The van der Waals surface area contributed by atoms with Crippen LogP contribution in [-0.2, 0) is 11.3 Å². The summed E-state index contributed by atoms with van der Waals surface area (Å²) < 4.78 is 1.92. The molecule has 0 bridgehead atoms. The highest BCUT2D eigenvalue weighted by Gasteiger charge is 2.53. The average molecular weight is 527 g/mol. The molecule has 4 aromatic rings. The number of carbonyl (C=O) groups excluding carboxylic acids is 1. The maximum atomic E-state index is 13.6. The van der Waals surface area contributed by atoms with Crippen LogP contribution in [0.25, 0.3) is 22.0 Å². The number of hydrogen-bond donors (Lipinski definition) is 1. The molecular formula is C32H31ClN2O3. The average Bonchev–Trinajstić information content (AvgIpc) is 3.28. The lowest BCUT2D eigenvalue weighted by Gasteiger charge is -2.58. The molecule has 6 heteroatoms. The summed E-state index contributed by atoms with van der Waals surface area (Å²) in [7, 11) is 0. The first-order valence-corrected chi connectivity index (χ1v) is 13.7. The topological polar surface area (TPSA) is 72.2 Å². The Hall–Kier alpha value is -3.44. The van der Waals surface area contributed by atoms with Crippen LogP contribution in [0.4, 0.5) is 0 Å². The van der Waals surface area contributed by atoms with Crippen LogP contribution in [0.2, 0.25) is 5.02 Å². The van der Waals surface area contributed by atoms with Gasteiger partial charge in [0.15, 0.2) is 5.78 Å². The number of carboxylic acids is 1. The Morgan fingerprint density at radius 1 is 0.974 bits per heavy atom. The van der Waals surface area contributed by atoms with E-state index in [9.17, 15) is 9.59 Å². The van der Waals surface area contributed by atoms with Crippen molar-refractivity contribution in [2.45, 2.75) is 52.0 Å². The third kappa shape index (κ3) is 4.64. The van der Waals surface area contributed by atoms with E-state index in [1.54, 1.807) is 0 Å². The lowest BCUT2D eigenvalue weighted by molar-refractivity contribution is -0.142. The molecule has 2 aliphatic rings. The lowest BCUT2D eigenvalue weighted by atomic mass is 9.47. The first kappa shape index (κ1) is 24.9. The van der Waals surface area contributed by atoms with Gasteiger partial charge in [0, 0.05) is 28.8 Å². The Labute approximate surface area is 227 Å². The normalized spacial score (nSPS) is 22.3. The number of fused-ring (bicyclic) bond motifs is 1. The van der Waals surface area contributed by atoms with Crippen LogP contribution in [0, 0.1) is 24.2 Å². The van der Waals surface area contributed by atoms with Gasteiger partial charge in [-0.25, -0.2) is 0 Å². The van der Waals surface area contributed by atoms with Crippen molar-refractivity contribution in [2.24, 2.45) is 17.3 Å². The first-order chi connectivity index (χ1) is 18.3. The number of aliphatic carboxylic acids is 1. The highest BCUT2D eigenvalue weighted by molar-refractivity contribution is 6.33. The Morgan fingerprint density at radius 3 is 2.26 bits per heavy atom. The summed E-state index contributed by atoms with van der Waals surface area (Å²) in [4.78, 5) is 24.6. The minimum absolute atomic E-state index is 0.110. The number of halogens is 1. The second-order valence-electron chi connectivity index (χ2n) is 11.4. The van der Waals surface area contributed by atoms with Gasteiger partial charge >= 0.3 is 5.97 Å². The van der Waals surface area contributed by atoms with Crippen LogP contribution in [0.15, 0.2) is 66.9 Å². The van der Waals surface area contributed by atoms with Crippen molar-refractivity contribution >= 4 is 34.3 Å². The smallest absolute Gasteiger partial charge is 0.303 e. The van der Waals surface area contributed by atoms with Crippen LogP contribution in [-0.4, -0.2) is 26.6 Å². The summed E-state index contributed by atoms with van der Waals surface area (Å²) in [5, 5.41) is 15.2. The summed E-state index contributed by atoms with van der Waals surface area (Å²) in [6, 6.07) is 20.6. The number of nitrogens with zero attached hydrogens (tertiary/aromatic N) is 2. The van der Waals surface area contributed by atoms with Gasteiger partial charge in [0.2, 0.25) is 0 Å². The van der Waals surface area contributed by atoms with Crippen LogP contribution < -0.4 is 0 Å². The van der Waals surface area contributed by atoms with Crippen molar-refractivity contribution in [3.8, 4) is 11.1 Å². The summed E-state index contributed by atoms with van der Waals surface area (Å²) >= 11 is 6.56. The van der Waals surface area contributed by atoms with Crippen molar-refractivity contribution in [1.82, 2.24) is 9.78 Å². The molecule has 0 atom stereocenters. The van der Waals surface area contributed by atoms with E-state index in [4.69, 9.17) is 16.7 Å². The zero-order chi connectivity index (χ0) is 26.4. The van der Waals surface area contributed by atoms with Crippen LogP contribution in [0.3, 0.4) is 0 Å². The Kier molecular flexibility index (Phi) is 6.35. The molecule has 1 spiro atoms. The summed E-state index contributed by atoms with van der Waals surface area (Å²) in [6.07, 6.45) is 6.60. The molecule has 2 fully saturated rings. The fourth-order valence-corrected chi connectivity index (χ4v) is 7.10.